The molecular weight excluding hydrogens is 252 g/mol. The molecule has 0 N–H and O–H groups in total. The molecule has 6 heteroatoms. The fourth-order valence-electron chi connectivity index (χ4n) is 1.32. The Labute approximate surface area is 108 Å². The van der Waals surface area contributed by atoms with Crippen molar-refractivity contribution in [3.05, 3.63) is 51.1 Å². The number of benzene rings is 1. The molecule has 1 heterocycles. The molecule has 0 atom stereocenters. The van der Waals surface area contributed by atoms with Crippen molar-refractivity contribution in [2.24, 2.45) is 0 Å². The van der Waals surface area contributed by atoms with Gasteiger partial charge < -0.3 is 4.74 Å². The number of nitro groups is 1. The summed E-state index contributed by atoms with van der Waals surface area (Å²) in [5.74, 6) is 0.789. The molecule has 1 aromatic carbocycles. The smallest absolute Gasteiger partial charge is 0.344 e. The molecular formula is C12H10N2O3S. The van der Waals surface area contributed by atoms with Gasteiger partial charge in [0.25, 0.3) is 0 Å². The number of hydrogen-bond acceptors (Lipinski definition) is 5. The fourth-order valence-corrected chi connectivity index (χ4v) is 1.96. The highest BCUT2D eigenvalue weighted by atomic mass is 32.1. The van der Waals surface area contributed by atoms with Gasteiger partial charge in [0, 0.05) is 0 Å². The molecule has 0 spiro atoms. The average molecular weight is 262 g/mol. The van der Waals surface area contributed by atoms with E-state index in [1.54, 1.807) is 13.2 Å². The Morgan fingerprint density at radius 2 is 2.06 bits per heavy atom. The topological polar surface area (TPSA) is 65.3 Å². The van der Waals surface area contributed by atoms with Crippen LogP contribution in [0, 0.1) is 10.1 Å². The van der Waals surface area contributed by atoms with Crippen molar-refractivity contribution < 1.29 is 9.66 Å². The number of aromatic nitrogens is 1. The normalized spacial score (nSPS) is 10.7. The van der Waals surface area contributed by atoms with Crippen molar-refractivity contribution in [2.45, 2.75) is 0 Å². The Balaban J connectivity index is 2.11. The maximum atomic E-state index is 10.5. The molecule has 0 aliphatic rings. The number of rotatable bonds is 4. The molecule has 18 heavy (non-hydrogen) atoms. The van der Waals surface area contributed by atoms with Crippen molar-refractivity contribution in [1.29, 1.82) is 0 Å². The summed E-state index contributed by atoms with van der Waals surface area (Å²) in [6.45, 7) is 0. The van der Waals surface area contributed by atoms with E-state index < -0.39 is 4.92 Å². The van der Waals surface area contributed by atoms with E-state index in [1.165, 1.54) is 6.20 Å². The number of methoxy groups -OCH3 is 1. The van der Waals surface area contributed by atoms with Crippen molar-refractivity contribution >= 4 is 28.5 Å². The molecule has 2 aromatic rings. The summed E-state index contributed by atoms with van der Waals surface area (Å²) in [6.07, 6.45) is 4.86. The van der Waals surface area contributed by atoms with E-state index in [4.69, 9.17) is 4.74 Å². The number of nitrogens with zero attached hydrogens (tertiary/aromatic N) is 2. The summed E-state index contributed by atoms with van der Waals surface area (Å²) >= 11 is 1.05. The van der Waals surface area contributed by atoms with E-state index in [1.807, 2.05) is 30.3 Å². The highest BCUT2D eigenvalue weighted by molar-refractivity contribution is 7.15. The second-order valence-electron chi connectivity index (χ2n) is 3.40. The lowest BCUT2D eigenvalue weighted by atomic mass is 10.2. The molecule has 0 saturated heterocycles. The third-order valence-electron chi connectivity index (χ3n) is 2.23. The van der Waals surface area contributed by atoms with Gasteiger partial charge >= 0.3 is 5.00 Å². The van der Waals surface area contributed by atoms with E-state index >= 15 is 0 Å². The molecule has 0 aliphatic carbocycles. The van der Waals surface area contributed by atoms with E-state index in [2.05, 4.69) is 4.98 Å². The third kappa shape index (κ3) is 2.92. The number of ether oxygens (including phenoxy) is 1. The molecule has 0 radical (unpaired) electrons. The summed E-state index contributed by atoms with van der Waals surface area (Å²) in [5, 5.41) is 11.2. The number of thiazole rings is 1. The van der Waals surface area contributed by atoms with Gasteiger partial charge in [0.15, 0.2) is 0 Å². The summed E-state index contributed by atoms with van der Waals surface area (Å²) in [5.41, 5.74) is 0.980. The van der Waals surface area contributed by atoms with Crippen LogP contribution < -0.4 is 4.74 Å². The quantitative estimate of drug-likeness (QED) is 0.626. The first-order valence-corrected chi connectivity index (χ1v) is 5.93. The average Bonchev–Trinajstić information content (AvgIpc) is 2.86. The lowest BCUT2D eigenvalue weighted by molar-refractivity contribution is -0.380. The van der Waals surface area contributed by atoms with Gasteiger partial charge in [-0.2, -0.15) is 0 Å². The largest absolute Gasteiger partial charge is 0.497 e. The number of hydrogen-bond donors (Lipinski definition) is 0. The minimum Gasteiger partial charge on any atom is -0.497 e. The van der Waals surface area contributed by atoms with E-state index in [0.29, 0.717) is 5.01 Å². The maximum absolute atomic E-state index is 10.5. The van der Waals surface area contributed by atoms with Crippen LogP contribution >= 0.6 is 11.3 Å². The van der Waals surface area contributed by atoms with Crippen LogP contribution in [0.25, 0.3) is 12.2 Å². The molecule has 0 bridgehead atoms. The molecule has 0 saturated carbocycles. The second kappa shape index (κ2) is 5.42. The lowest BCUT2D eigenvalue weighted by Gasteiger charge is -1.98. The van der Waals surface area contributed by atoms with Crippen molar-refractivity contribution in [1.82, 2.24) is 4.98 Å². The van der Waals surface area contributed by atoms with Crippen molar-refractivity contribution in [3.8, 4) is 5.75 Å². The van der Waals surface area contributed by atoms with Gasteiger partial charge in [0.2, 0.25) is 0 Å². The van der Waals surface area contributed by atoms with Crippen LogP contribution in [0.3, 0.4) is 0 Å². The molecule has 2 rings (SSSR count). The van der Waals surface area contributed by atoms with E-state index in [9.17, 15) is 10.1 Å². The fraction of sp³-hybridized carbons (Fsp3) is 0.0833. The van der Waals surface area contributed by atoms with Crippen molar-refractivity contribution in [2.75, 3.05) is 7.11 Å². The van der Waals surface area contributed by atoms with Gasteiger partial charge in [-0.05, 0) is 35.1 Å². The van der Waals surface area contributed by atoms with Crippen LogP contribution in [0.5, 0.6) is 5.75 Å². The first-order valence-electron chi connectivity index (χ1n) is 5.11. The predicted octanol–water partition coefficient (Wildman–Crippen LogP) is 3.23. The van der Waals surface area contributed by atoms with Crippen molar-refractivity contribution in [3.63, 3.8) is 0 Å². The molecule has 5 nitrogen and oxygen atoms in total. The van der Waals surface area contributed by atoms with Crippen LogP contribution in [0.1, 0.15) is 10.6 Å². The van der Waals surface area contributed by atoms with Crippen LogP contribution in [0.2, 0.25) is 0 Å². The van der Waals surface area contributed by atoms with Gasteiger partial charge in [-0.3, -0.25) is 10.1 Å². The van der Waals surface area contributed by atoms with Gasteiger partial charge in [-0.1, -0.05) is 18.2 Å². The Bertz CT molecular complexity index is 575. The van der Waals surface area contributed by atoms with E-state index in [0.717, 1.165) is 22.6 Å². The Hall–Kier alpha value is -2.21. The maximum Gasteiger partial charge on any atom is 0.344 e. The zero-order valence-corrected chi connectivity index (χ0v) is 10.4. The van der Waals surface area contributed by atoms with Crippen LogP contribution in [-0.4, -0.2) is 17.0 Å². The highest BCUT2D eigenvalue weighted by Gasteiger charge is 2.08. The predicted molar refractivity (Wildman–Crippen MR) is 70.7 cm³/mol. The van der Waals surface area contributed by atoms with Gasteiger partial charge in [0.1, 0.15) is 17.0 Å². The Morgan fingerprint density at radius 1 is 1.33 bits per heavy atom. The lowest BCUT2D eigenvalue weighted by Crippen LogP contribution is -1.81. The van der Waals surface area contributed by atoms with Crippen LogP contribution in [-0.2, 0) is 0 Å². The molecule has 0 unspecified atom stereocenters. The van der Waals surface area contributed by atoms with Crippen LogP contribution in [0.15, 0.2) is 30.5 Å². The van der Waals surface area contributed by atoms with E-state index in [-0.39, 0.29) is 5.00 Å². The molecule has 92 valence electrons. The summed E-state index contributed by atoms with van der Waals surface area (Å²) in [7, 11) is 1.61. The standard InChI is InChI=1S/C12H10N2O3S/c1-17-10-5-2-9(3-6-10)4-7-11-13-8-12(18-11)14(15)16/h2-8H,1H3/b7-4+. The first kappa shape index (κ1) is 12.3. The Morgan fingerprint density at radius 3 is 2.61 bits per heavy atom. The third-order valence-corrected chi connectivity index (χ3v) is 3.14. The first-order chi connectivity index (χ1) is 8.69. The monoisotopic (exact) mass is 262 g/mol. The molecule has 0 fully saturated rings. The summed E-state index contributed by atoms with van der Waals surface area (Å²) in [4.78, 5) is 14.0. The SMILES string of the molecule is COc1ccc(/C=C/c2ncc([N+](=O)[O-])s2)cc1. The summed E-state index contributed by atoms with van der Waals surface area (Å²) < 4.78 is 5.05. The molecule has 1 aromatic heterocycles. The zero-order chi connectivity index (χ0) is 13.0. The minimum absolute atomic E-state index is 0.0457. The highest BCUT2D eigenvalue weighted by Crippen LogP contribution is 2.22. The molecule has 0 aliphatic heterocycles. The molecule has 0 amide bonds. The van der Waals surface area contributed by atoms with Gasteiger partial charge in [-0.25, -0.2) is 4.98 Å². The van der Waals surface area contributed by atoms with Crippen LogP contribution in [0.4, 0.5) is 5.00 Å². The zero-order valence-electron chi connectivity index (χ0n) is 9.57. The Kier molecular flexibility index (Phi) is 3.69. The van der Waals surface area contributed by atoms with Gasteiger partial charge in [-0.15, -0.1) is 0 Å². The second-order valence-corrected chi connectivity index (χ2v) is 4.44. The van der Waals surface area contributed by atoms with Gasteiger partial charge in [0.05, 0.1) is 12.0 Å². The summed E-state index contributed by atoms with van der Waals surface area (Å²) in [6, 6.07) is 7.50. The minimum atomic E-state index is -0.442.